The van der Waals surface area contributed by atoms with Crippen LogP contribution in [0.4, 0.5) is 17.3 Å². The Kier molecular flexibility index (Phi) is 4.24. The van der Waals surface area contributed by atoms with Gasteiger partial charge >= 0.3 is 0 Å². The Bertz CT molecular complexity index is 871. The van der Waals surface area contributed by atoms with E-state index in [0.717, 1.165) is 11.3 Å². The van der Waals surface area contributed by atoms with E-state index in [0.29, 0.717) is 17.4 Å². The monoisotopic (exact) mass is 323 g/mol. The van der Waals surface area contributed by atoms with Crippen molar-refractivity contribution < 1.29 is 9.32 Å². The zero-order valence-electron chi connectivity index (χ0n) is 13.6. The van der Waals surface area contributed by atoms with Gasteiger partial charge in [-0.15, -0.1) is 0 Å². The van der Waals surface area contributed by atoms with Gasteiger partial charge in [-0.25, -0.2) is 9.97 Å². The fourth-order valence-electron chi connectivity index (χ4n) is 2.14. The van der Waals surface area contributed by atoms with Crippen LogP contribution in [-0.4, -0.2) is 21.0 Å². The van der Waals surface area contributed by atoms with E-state index in [1.165, 1.54) is 18.0 Å². The first-order chi connectivity index (χ1) is 11.5. The van der Waals surface area contributed by atoms with Crippen molar-refractivity contribution in [3.05, 3.63) is 59.2 Å². The fourth-order valence-corrected chi connectivity index (χ4v) is 2.14. The Labute approximate surface area is 139 Å². The third-order valence-electron chi connectivity index (χ3n) is 3.62. The van der Waals surface area contributed by atoms with Gasteiger partial charge in [0, 0.05) is 11.8 Å². The molecule has 0 saturated carbocycles. The molecule has 0 saturated heterocycles. The maximum atomic E-state index is 12.1. The maximum Gasteiger partial charge on any atom is 0.277 e. The van der Waals surface area contributed by atoms with Gasteiger partial charge in [0.2, 0.25) is 0 Å². The van der Waals surface area contributed by atoms with Gasteiger partial charge in [-0.05, 0) is 38.0 Å². The summed E-state index contributed by atoms with van der Waals surface area (Å²) in [6.45, 7) is 5.83. The first-order valence-electron chi connectivity index (χ1n) is 7.43. The Hall–Kier alpha value is -3.22. The Balaban J connectivity index is 1.71. The minimum Gasteiger partial charge on any atom is -0.360 e. The van der Waals surface area contributed by atoms with Crippen LogP contribution in [0.1, 0.15) is 27.4 Å². The Morgan fingerprint density at radius 1 is 1.08 bits per heavy atom. The van der Waals surface area contributed by atoms with Gasteiger partial charge in [-0.3, -0.25) is 4.79 Å². The minimum atomic E-state index is -0.394. The molecule has 0 aliphatic rings. The zero-order chi connectivity index (χ0) is 17.1. The number of carbonyl (C=O) groups is 1. The summed E-state index contributed by atoms with van der Waals surface area (Å²) in [7, 11) is 0. The number of hydrogen-bond acceptors (Lipinski definition) is 6. The summed E-state index contributed by atoms with van der Waals surface area (Å²) >= 11 is 0. The summed E-state index contributed by atoms with van der Waals surface area (Å²) in [5.41, 5.74) is 3.48. The van der Waals surface area contributed by atoms with Crippen molar-refractivity contribution in [3.63, 3.8) is 0 Å². The van der Waals surface area contributed by atoms with Gasteiger partial charge in [0.25, 0.3) is 5.91 Å². The third kappa shape index (κ3) is 3.40. The molecule has 7 heteroatoms. The van der Waals surface area contributed by atoms with Gasteiger partial charge in [-0.2, -0.15) is 0 Å². The average Bonchev–Trinajstić information content (AvgIpc) is 2.97. The van der Waals surface area contributed by atoms with Crippen LogP contribution in [0, 0.1) is 20.8 Å². The van der Waals surface area contributed by atoms with Gasteiger partial charge in [-0.1, -0.05) is 17.3 Å². The number of anilines is 3. The second-order valence-electron chi connectivity index (χ2n) is 5.44. The van der Waals surface area contributed by atoms with E-state index in [-0.39, 0.29) is 5.69 Å². The highest BCUT2D eigenvalue weighted by atomic mass is 16.5. The van der Waals surface area contributed by atoms with Gasteiger partial charge in [0.1, 0.15) is 17.3 Å². The average molecular weight is 323 g/mol. The molecule has 122 valence electrons. The molecule has 3 aromatic rings. The smallest absolute Gasteiger partial charge is 0.277 e. The van der Waals surface area contributed by atoms with Gasteiger partial charge < -0.3 is 15.2 Å². The van der Waals surface area contributed by atoms with E-state index in [1.807, 2.05) is 32.0 Å². The van der Waals surface area contributed by atoms with Crippen LogP contribution in [0.5, 0.6) is 0 Å². The highest BCUT2D eigenvalue weighted by Gasteiger charge is 2.11. The maximum absolute atomic E-state index is 12.1. The molecule has 2 N–H and O–H groups in total. The van der Waals surface area contributed by atoms with Crippen molar-refractivity contribution in [2.75, 3.05) is 10.6 Å². The van der Waals surface area contributed by atoms with E-state index in [2.05, 4.69) is 25.8 Å². The molecule has 24 heavy (non-hydrogen) atoms. The lowest BCUT2D eigenvalue weighted by atomic mass is 10.1. The first kappa shape index (κ1) is 15.7. The molecule has 2 heterocycles. The van der Waals surface area contributed by atoms with E-state index in [1.54, 1.807) is 13.0 Å². The van der Waals surface area contributed by atoms with Crippen molar-refractivity contribution in [1.29, 1.82) is 0 Å². The van der Waals surface area contributed by atoms with E-state index in [9.17, 15) is 4.79 Å². The molecule has 0 fully saturated rings. The number of carbonyl (C=O) groups excluding carboxylic acids is 1. The number of hydrogen-bond donors (Lipinski definition) is 2. The van der Waals surface area contributed by atoms with Gasteiger partial charge in [0.15, 0.2) is 5.82 Å². The number of aromatic nitrogens is 3. The molecule has 0 bridgehead atoms. The van der Waals surface area contributed by atoms with E-state index < -0.39 is 5.91 Å². The quantitative estimate of drug-likeness (QED) is 0.764. The van der Waals surface area contributed by atoms with Crippen LogP contribution in [0.25, 0.3) is 0 Å². The summed E-state index contributed by atoms with van der Waals surface area (Å²) in [6, 6.07) is 7.62. The van der Waals surface area contributed by atoms with Crippen LogP contribution in [0.15, 0.2) is 41.2 Å². The van der Waals surface area contributed by atoms with E-state index >= 15 is 0 Å². The molecule has 0 radical (unpaired) electrons. The molecule has 7 nitrogen and oxygen atoms in total. The fraction of sp³-hybridized carbons (Fsp3) is 0.176. The van der Waals surface area contributed by atoms with Crippen LogP contribution < -0.4 is 10.6 Å². The number of amides is 1. The van der Waals surface area contributed by atoms with E-state index in [4.69, 9.17) is 4.52 Å². The van der Waals surface area contributed by atoms with Crippen LogP contribution in [0.3, 0.4) is 0 Å². The molecule has 0 aliphatic heterocycles. The third-order valence-corrected chi connectivity index (χ3v) is 3.62. The van der Waals surface area contributed by atoms with Crippen LogP contribution >= 0.6 is 0 Å². The lowest BCUT2D eigenvalue weighted by molar-refractivity contribution is 0.102. The number of rotatable bonds is 4. The standard InChI is InChI=1S/C17H17N5O2/c1-10-5-4-6-13(12(10)3)20-16-9-18-14(8-19-16)17(23)21-15-7-11(2)24-22-15/h4-9H,1-3H3,(H,19,20)(H,21,22,23). The highest BCUT2D eigenvalue weighted by Crippen LogP contribution is 2.21. The molecule has 0 atom stereocenters. The zero-order valence-corrected chi connectivity index (χ0v) is 13.6. The lowest BCUT2D eigenvalue weighted by Gasteiger charge is -2.10. The molecule has 2 aromatic heterocycles. The van der Waals surface area contributed by atoms with Crippen molar-refractivity contribution in [3.8, 4) is 0 Å². The topological polar surface area (TPSA) is 92.9 Å². The van der Waals surface area contributed by atoms with Crippen molar-refractivity contribution in [1.82, 2.24) is 15.1 Å². The number of nitrogens with one attached hydrogen (secondary N) is 2. The first-order valence-corrected chi connectivity index (χ1v) is 7.43. The van der Waals surface area contributed by atoms with Crippen molar-refractivity contribution >= 4 is 23.2 Å². The van der Waals surface area contributed by atoms with Crippen molar-refractivity contribution in [2.24, 2.45) is 0 Å². The molecule has 1 amide bonds. The Morgan fingerprint density at radius 3 is 2.58 bits per heavy atom. The molecule has 1 aromatic carbocycles. The second kappa shape index (κ2) is 6.49. The number of aryl methyl sites for hydroxylation is 2. The highest BCUT2D eigenvalue weighted by molar-refractivity contribution is 6.02. The van der Waals surface area contributed by atoms with Crippen LogP contribution in [-0.2, 0) is 0 Å². The SMILES string of the molecule is Cc1cc(NC(=O)c2cnc(Nc3cccc(C)c3C)cn2)no1. The van der Waals surface area contributed by atoms with Crippen molar-refractivity contribution in [2.45, 2.75) is 20.8 Å². The minimum absolute atomic E-state index is 0.196. The molecular formula is C17H17N5O2. The summed E-state index contributed by atoms with van der Waals surface area (Å²) < 4.78 is 4.90. The lowest BCUT2D eigenvalue weighted by Crippen LogP contribution is -2.14. The van der Waals surface area contributed by atoms with Gasteiger partial charge in [0.05, 0.1) is 12.4 Å². The summed E-state index contributed by atoms with van der Waals surface area (Å²) in [5, 5.41) is 9.50. The predicted molar refractivity (Wildman–Crippen MR) is 90.4 cm³/mol. The summed E-state index contributed by atoms with van der Waals surface area (Å²) in [6.07, 6.45) is 2.93. The molecule has 0 aliphatic carbocycles. The summed E-state index contributed by atoms with van der Waals surface area (Å²) in [5.74, 6) is 1.13. The molecule has 0 spiro atoms. The number of benzene rings is 1. The largest absolute Gasteiger partial charge is 0.360 e. The Morgan fingerprint density at radius 2 is 1.92 bits per heavy atom. The summed E-state index contributed by atoms with van der Waals surface area (Å²) in [4.78, 5) is 20.4. The second-order valence-corrected chi connectivity index (χ2v) is 5.44. The van der Waals surface area contributed by atoms with Crippen LogP contribution in [0.2, 0.25) is 0 Å². The predicted octanol–water partition coefficient (Wildman–Crippen LogP) is 3.39. The number of nitrogens with zero attached hydrogens (tertiary/aromatic N) is 3. The normalized spacial score (nSPS) is 10.5. The molecular weight excluding hydrogens is 306 g/mol. The molecule has 0 unspecified atom stereocenters. The molecule has 3 rings (SSSR count).